The fourth-order valence-electron chi connectivity index (χ4n) is 7.15. The summed E-state index contributed by atoms with van der Waals surface area (Å²) in [6, 6.07) is 20.9. The molecule has 0 saturated heterocycles. The molecule has 0 amide bonds. The van der Waals surface area contributed by atoms with E-state index in [-0.39, 0.29) is 0 Å². The lowest BCUT2D eigenvalue weighted by Gasteiger charge is -2.26. The van der Waals surface area contributed by atoms with Crippen LogP contribution in [0.2, 0.25) is 0 Å². The van der Waals surface area contributed by atoms with Crippen LogP contribution in [0.3, 0.4) is 0 Å². The van der Waals surface area contributed by atoms with Crippen molar-refractivity contribution in [2.75, 3.05) is 0 Å². The normalized spacial score (nSPS) is 15.5. The Morgan fingerprint density at radius 3 is 2.47 bits per heavy atom. The van der Waals surface area contributed by atoms with Crippen LogP contribution in [0.15, 0.2) is 70.6 Å². The third-order valence-electron chi connectivity index (χ3n) is 8.79. The summed E-state index contributed by atoms with van der Waals surface area (Å²) in [5.41, 5.74) is 7.27. The largest absolute Gasteiger partial charge is 0.222 e. The van der Waals surface area contributed by atoms with Crippen LogP contribution in [0, 0.1) is 12.8 Å². The van der Waals surface area contributed by atoms with Gasteiger partial charge in [0.2, 0.25) is 5.69 Å². The highest BCUT2D eigenvalue weighted by Gasteiger charge is 2.33. The molecule has 2 aliphatic rings. The highest BCUT2D eigenvalue weighted by atomic mass is 32.2. The summed E-state index contributed by atoms with van der Waals surface area (Å²) in [4.78, 5) is 2.86. The first kappa shape index (κ1) is 22.4. The molecule has 0 bridgehead atoms. The Hall–Kier alpha value is -2.84. The summed E-state index contributed by atoms with van der Waals surface area (Å²) >= 11 is 2.01. The van der Waals surface area contributed by atoms with Crippen molar-refractivity contribution in [3.63, 3.8) is 0 Å². The van der Waals surface area contributed by atoms with Crippen LogP contribution in [0.1, 0.15) is 62.1 Å². The monoisotopic (exact) mass is 488 g/mol. The van der Waals surface area contributed by atoms with Gasteiger partial charge in [-0.2, -0.15) is 0 Å². The van der Waals surface area contributed by atoms with Gasteiger partial charge in [0.1, 0.15) is 7.05 Å². The minimum absolute atomic E-state index is 0.460. The van der Waals surface area contributed by atoms with E-state index in [1.54, 1.807) is 5.56 Å². The van der Waals surface area contributed by atoms with Crippen molar-refractivity contribution in [3.8, 4) is 11.3 Å². The van der Waals surface area contributed by atoms with E-state index in [2.05, 4.69) is 93.2 Å². The Balaban J connectivity index is 1.60. The Morgan fingerprint density at radius 1 is 0.917 bits per heavy atom. The van der Waals surface area contributed by atoms with Crippen LogP contribution >= 0.6 is 11.8 Å². The van der Waals surface area contributed by atoms with Gasteiger partial charge in [-0.25, -0.2) is 4.57 Å². The Labute approximate surface area is 218 Å². The van der Waals surface area contributed by atoms with E-state index in [0.29, 0.717) is 5.92 Å². The molecule has 0 spiro atoms. The summed E-state index contributed by atoms with van der Waals surface area (Å²) in [5.74, 6) is 1.30. The lowest BCUT2D eigenvalue weighted by Crippen LogP contribution is -2.32. The second-order valence-electron chi connectivity index (χ2n) is 11.4. The molecule has 180 valence electrons. The van der Waals surface area contributed by atoms with E-state index >= 15 is 0 Å². The molecule has 0 N–H and O–H groups in total. The number of nitrogens with zero attached hydrogens (tertiary/aromatic N) is 1. The molecule has 1 saturated carbocycles. The number of hydrogen-bond donors (Lipinski definition) is 0. The molecule has 7 rings (SSSR count). The van der Waals surface area contributed by atoms with E-state index in [1.165, 1.54) is 96.6 Å². The van der Waals surface area contributed by atoms with Crippen LogP contribution in [-0.4, -0.2) is 0 Å². The lowest BCUT2D eigenvalue weighted by molar-refractivity contribution is -0.659. The van der Waals surface area contributed by atoms with Crippen LogP contribution in [0.4, 0.5) is 0 Å². The number of rotatable bonds is 3. The van der Waals surface area contributed by atoms with Crippen LogP contribution in [0.5, 0.6) is 0 Å². The molecule has 5 aromatic rings. The number of pyridine rings is 1. The van der Waals surface area contributed by atoms with Gasteiger partial charge in [0.25, 0.3) is 0 Å². The van der Waals surface area contributed by atoms with Crippen molar-refractivity contribution in [1.29, 1.82) is 0 Å². The minimum atomic E-state index is 0.460. The number of fused-ring (bicyclic) bond motifs is 5. The molecular weight excluding hydrogens is 454 g/mol. The summed E-state index contributed by atoms with van der Waals surface area (Å²) < 4.78 is 2.38. The molecule has 1 fully saturated rings. The number of benzene rings is 4. The zero-order valence-electron chi connectivity index (χ0n) is 21.8. The van der Waals surface area contributed by atoms with E-state index in [1.807, 2.05) is 11.8 Å². The first-order valence-electron chi connectivity index (χ1n) is 13.6. The van der Waals surface area contributed by atoms with Gasteiger partial charge in [-0.15, -0.1) is 0 Å². The summed E-state index contributed by atoms with van der Waals surface area (Å²) in [7, 11) is 2.23. The smallest absolute Gasteiger partial charge is 0.200 e. The van der Waals surface area contributed by atoms with Gasteiger partial charge in [-0.1, -0.05) is 93.8 Å². The van der Waals surface area contributed by atoms with Gasteiger partial charge >= 0.3 is 0 Å². The van der Waals surface area contributed by atoms with Gasteiger partial charge in [0.15, 0.2) is 6.20 Å². The topological polar surface area (TPSA) is 3.88 Å². The summed E-state index contributed by atoms with van der Waals surface area (Å²) in [6.45, 7) is 7.04. The second kappa shape index (κ2) is 8.35. The zero-order valence-corrected chi connectivity index (χ0v) is 22.6. The standard InChI is InChI=1S/C34H34NS/c1-20(2)29-26-15-8-7-14-25(26)21(3)30-33-32-27(16-17-35(33)4)31-23(18-22-10-5-6-11-22)12-9-13-24(31)19-28(32)36-34(29)30/h7-9,12-17,19-20,22H,5-6,10-11,18H2,1-4H3/q+1. The van der Waals surface area contributed by atoms with Crippen LogP contribution < -0.4 is 4.57 Å². The predicted molar refractivity (Wildman–Crippen MR) is 154 cm³/mol. The quantitative estimate of drug-likeness (QED) is 0.177. The molecule has 1 aliphatic carbocycles. The molecule has 0 atom stereocenters. The maximum atomic E-state index is 2.49. The van der Waals surface area contributed by atoms with Gasteiger partial charge in [-0.05, 0) is 69.5 Å². The fourth-order valence-corrected chi connectivity index (χ4v) is 8.67. The van der Waals surface area contributed by atoms with Gasteiger partial charge < -0.3 is 0 Å². The zero-order chi connectivity index (χ0) is 24.6. The van der Waals surface area contributed by atoms with E-state index in [9.17, 15) is 0 Å². The molecule has 2 heterocycles. The van der Waals surface area contributed by atoms with Crippen molar-refractivity contribution in [1.82, 2.24) is 0 Å². The molecule has 0 unspecified atom stereocenters. The maximum absolute atomic E-state index is 2.49. The SMILES string of the molecule is Cc1c2c(c(C(C)C)c3ccccc13)Sc1cc3cccc(CC4CCCC4)c3c3cc[n+](C)c-2c13. The number of hydrogen-bond acceptors (Lipinski definition) is 1. The predicted octanol–water partition coefficient (Wildman–Crippen LogP) is 9.27. The van der Waals surface area contributed by atoms with Gasteiger partial charge in [0, 0.05) is 21.2 Å². The van der Waals surface area contributed by atoms with Gasteiger partial charge in [-0.3, -0.25) is 0 Å². The van der Waals surface area contributed by atoms with Crippen molar-refractivity contribution in [3.05, 3.63) is 77.5 Å². The minimum Gasteiger partial charge on any atom is -0.200 e. The first-order chi connectivity index (χ1) is 17.5. The van der Waals surface area contributed by atoms with E-state index < -0.39 is 0 Å². The van der Waals surface area contributed by atoms with E-state index in [0.717, 1.165) is 5.92 Å². The average molecular weight is 489 g/mol. The molecule has 36 heavy (non-hydrogen) atoms. The van der Waals surface area contributed by atoms with Crippen molar-refractivity contribution in [2.45, 2.75) is 68.6 Å². The third kappa shape index (κ3) is 3.20. The highest BCUT2D eigenvalue weighted by molar-refractivity contribution is 8.00. The van der Waals surface area contributed by atoms with E-state index in [4.69, 9.17) is 0 Å². The Kier molecular flexibility index (Phi) is 5.19. The fraction of sp³-hybridized carbons (Fsp3) is 0.324. The molecule has 2 heteroatoms. The first-order valence-corrected chi connectivity index (χ1v) is 14.4. The Bertz CT molecular complexity index is 1690. The molecule has 1 aromatic heterocycles. The summed E-state index contributed by atoms with van der Waals surface area (Å²) in [6.07, 6.45) is 9.10. The molecule has 0 radical (unpaired) electrons. The average Bonchev–Trinajstić information content (AvgIpc) is 3.38. The number of aromatic nitrogens is 1. The summed E-state index contributed by atoms with van der Waals surface area (Å²) in [5, 5.41) is 8.56. The molecule has 1 nitrogen and oxygen atoms in total. The lowest BCUT2D eigenvalue weighted by atomic mass is 9.86. The van der Waals surface area contributed by atoms with Crippen molar-refractivity contribution >= 4 is 44.1 Å². The van der Waals surface area contributed by atoms with Crippen molar-refractivity contribution in [2.24, 2.45) is 13.0 Å². The molecular formula is C34H34NS+. The Morgan fingerprint density at radius 2 is 1.69 bits per heavy atom. The highest BCUT2D eigenvalue weighted by Crippen LogP contribution is 2.54. The van der Waals surface area contributed by atoms with Crippen LogP contribution in [-0.2, 0) is 13.5 Å². The number of aryl methyl sites for hydroxylation is 2. The molecule has 4 aromatic carbocycles. The second-order valence-corrected chi connectivity index (χ2v) is 12.4. The third-order valence-corrected chi connectivity index (χ3v) is 9.96. The van der Waals surface area contributed by atoms with Crippen molar-refractivity contribution < 1.29 is 4.57 Å². The van der Waals surface area contributed by atoms with Crippen LogP contribution in [0.25, 0.3) is 43.6 Å². The van der Waals surface area contributed by atoms with Gasteiger partial charge in [0.05, 0.1) is 10.9 Å². The molecule has 1 aliphatic heterocycles. The maximum Gasteiger partial charge on any atom is 0.222 e.